The number of carboxylic acids is 1. The molecule has 0 radical (unpaired) electrons. The van der Waals surface area contributed by atoms with Crippen LogP contribution in [0.2, 0.25) is 0 Å². The molecule has 2 nitrogen and oxygen atoms in total. The molecule has 70 valence electrons. The van der Waals surface area contributed by atoms with E-state index in [2.05, 4.69) is 6.92 Å². The van der Waals surface area contributed by atoms with Gasteiger partial charge in [-0.3, -0.25) is 0 Å². The first-order valence-corrected chi connectivity index (χ1v) is 4.92. The summed E-state index contributed by atoms with van der Waals surface area (Å²) in [7, 11) is 0. The van der Waals surface area contributed by atoms with E-state index in [0.29, 0.717) is 5.92 Å². The summed E-state index contributed by atoms with van der Waals surface area (Å²) in [6.45, 7) is 2.21. The van der Waals surface area contributed by atoms with E-state index < -0.39 is 5.97 Å². The molecule has 0 spiro atoms. The van der Waals surface area contributed by atoms with Crippen LogP contribution < -0.4 is 5.11 Å². The molecule has 0 bridgehead atoms. The van der Waals surface area contributed by atoms with E-state index in [1.165, 1.54) is 19.3 Å². The minimum Gasteiger partial charge on any atom is -0.550 e. The van der Waals surface area contributed by atoms with E-state index in [9.17, 15) is 9.90 Å². The van der Waals surface area contributed by atoms with E-state index >= 15 is 0 Å². The Hall–Kier alpha value is -0.530. The number of carboxylic acid groups (broad SMARTS) is 1. The smallest absolute Gasteiger partial charge is 0.0417 e. The lowest BCUT2D eigenvalue weighted by atomic mass is 9.79. The number of aliphatic carboxylic acids is 1. The van der Waals surface area contributed by atoms with Crippen molar-refractivity contribution in [3.63, 3.8) is 0 Å². The second kappa shape index (κ2) is 4.48. The van der Waals surface area contributed by atoms with Gasteiger partial charge >= 0.3 is 0 Å². The van der Waals surface area contributed by atoms with Gasteiger partial charge in [-0.1, -0.05) is 26.2 Å². The Bertz CT molecular complexity index is 146. The van der Waals surface area contributed by atoms with Crippen LogP contribution in [0.4, 0.5) is 0 Å². The summed E-state index contributed by atoms with van der Waals surface area (Å²) in [5, 5.41) is 10.3. The van der Waals surface area contributed by atoms with Crippen molar-refractivity contribution in [3.05, 3.63) is 0 Å². The quantitative estimate of drug-likeness (QED) is 0.639. The maximum absolute atomic E-state index is 10.3. The van der Waals surface area contributed by atoms with Gasteiger partial charge in [0.1, 0.15) is 0 Å². The summed E-state index contributed by atoms with van der Waals surface area (Å²) in [6.07, 6.45) is 6.14. The molecule has 0 unspecified atom stereocenters. The summed E-state index contributed by atoms with van der Waals surface area (Å²) in [6, 6.07) is 0. The van der Waals surface area contributed by atoms with Crippen LogP contribution in [-0.2, 0) is 4.79 Å². The number of carbonyl (C=O) groups excluding carboxylic acids is 1. The van der Waals surface area contributed by atoms with Gasteiger partial charge in [-0.15, -0.1) is 0 Å². The summed E-state index contributed by atoms with van der Waals surface area (Å²) in [5.41, 5.74) is 0. The molecule has 1 rings (SSSR count). The lowest BCUT2D eigenvalue weighted by Crippen LogP contribution is -2.27. The molecule has 1 aliphatic rings. The number of rotatable bonds is 3. The third-order valence-electron chi connectivity index (χ3n) is 3.00. The molecule has 0 aromatic carbocycles. The Morgan fingerprint density at radius 3 is 2.17 bits per heavy atom. The van der Waals surface area contributed by atoms with Gasteiger partial charge in [0, 0.05) is 5.97 Å². The monoisotopic (exact) mass is 169 g/mol. The van der Waals surface area contributed by atoms with Crippen molar-refractivity contribution in [1.29, 1.82) is 0 Å². The first kappa shape index (κ1) is 9.56. The predicted octanol–water partition coefficient (Wildman–Crippen LogP) is 1.34. The van der Waals surface area contributed by atoms with Crippen LogP contribution in [0.5, 0.6) is 0 Å². The van der Waals surface area contributed by atoms with Crippen LogP contribution in [-0.4, -0.2) is 5.97 Å². The molecule has 0 aliphatic heterocycles. The Kier molecular flexibility index (Phi) is 3.57. The second-order valence-electron chi connectivity index (χ2n) is 3.87. The third kappa shape index (κ3) is 2.84. The van der Waals surface area contributed by atoms with E-state index in [-0.39, 0.29) is 6.42 Å². The van der Waals surface area contributed by atoms with Crippen molar-refractivity contribution in [1.82, 2.24) is 0 Å². The summed E-state index contributed by atoms with van der Waals surface area (Å²) in [4.78, 5) is 10.3. The maximum atomic E-state index is 10.3. The van der Waals surface area contributed by atoms with E-state index in [0.717, 1.165) is 18.8 Å². The fourth-order valence-electron chi connectivity index (χ4n) is 2.08. The molecule has 12 heavy (non-hydrogen) atoms. The third-order valence-corrected chi connectivity index (χ3v) is 3.00. The lowest BCUT2D eigenvalue weighted by Gasteiger charge is -2.27. The van der Waals surface area contributed by atoms with Crippen molar-refractivity contribution < 1.29 is 9.90 Å². The standard InChI is InChI=1S/C10H18O2/c1-2-8-3-5-9(6-4-8)7-10(11)12/h8-9H,2-7H2,1H3,(H,11,12)/p-1. The minimum atomic E-state index is -0.880. The van der Waals surface area contributed by atoms with Gasteiger partial charge in [0.2, 0.25) is 0 Å². The predicted molar refractivity (Wildman–Crippen MR) is 45.4 cm³/mol. The molecule has 2 heteroatoms. The zero-order chi connectivity index (χ0) is 8.97. The normalized spacial score (nSPS) is 30.1. The Morgan fingerprint density at radius 1 is 1.25 bits per heavy atom. The first-order chi connectivity index (χ1) is 5.72. The summed E-state index contributed by atoms with van der Waals surface area (Å²) >= 11 is 0. The van der Waals surface area contributed by atoms with Gasteiger partial charge in [-0.2, -0.15) is 0 Å². The molecule has 1 aliphatic carbocycles. The Labute approximate surface area is 74.0 Å². The van der Waals surface area contributed by atoms with Crippen LogP contribution in [0.15, 0.2) is 0 Å². The fraction of sp³-hybridized carbons (Fsp3) is 0.900. The van der Waals surface area contributed by atoms with Crippen LogP contribution in [0.1, 0.15) is 45.4 Å². The van der Waals surface area contributed by atoms with Gasteiger partial charge in [0.05, 0.1) is 0 Å². The topological polar surface area (TPSA) is 40.1 Å². The van der Waals surface area contributed by atoms with Gasteiger partial charge in [0.25, 0.3) is 0 Å². The number of carbonyl (C=O) groups is 1. The van der Waals surface area contributed by atoms with E-state index in [1.54, 1.807) is 0 Å². The van der Waals surface area contributed by atoms with Crippen LogP contribution in [0.3, 0.4) is 0 Å². The zero-order valence-electron chi connectivity index (χ0n) is 7.71. The zero-order valence-corrected chi connectivity index (χ0v) is 7.71. The highest BCUT2D eigenvalue weighted by atomic mass is 16.4. The molecule has 0 aromatic heterocycles. The average molecular weight is 169 g/mol. The summed E-state index contributed by atoms with van der Waals surface area (Å²) < 4.78 is 0. The van der Waals surface area contributed by atoms with Crippen LogP contribution in [0.25, 0.3) is 0 Å². The van der Waals surface area contributed by atoms with Crippen LogP contribution >= 0.6 is 0 Å². The second-order valence-corrected chi connectivity index (χ2v) is 3.87. The van der Waals surface area contributed by atoms with Crippen molar-refractivity contribution in [2.24, 2.45) is 11.8 Å². The van der Waals surface area contributed by atoms with Crippen molar-refractivity contribution in [2.75, 3.05) is 0 Å². The Morgan fingerprint density at radius 2 is 1.75 bits per heavy atom. The molecule has 0 heterocycles. The molecule has 0 saturated heterocycles. The van der Waals surface area contributed by atoms with Gasteiger partial charge in [0.15, 0.2) is 0 Å². The van der Waals surface area contributed by atoms with Crippen LogP contribution in [0, 0.1) is 11.8 Å². The first-order valence-electron chi connectivity index (χ1n) is 4.92. The fourth-order valence-corrected chi connectivity index (χ4v) is 2.08. The highest BCUT2D eigenvalue weighted by Crippen LogP contribution is 2.31. The van der Waals surface area contributed by atoms with Crippen molar-refractivity contribution in [3.8, 4) is 0 Å². The van der Waals surface area contributed by atoms with Gasteiger partial charge in [-0.25, -0.2) is 0 Å². The molecule has 1 fully saturated rings. The molecule has 0 N–H and O–H groups in total. The SMILES string of the molecule is CCC1CCC(CC(=O)[O-])CC1. The molecular formula is C10H17O2-. The molecule has 0 atom stereocenters. The number of hydrogen-bond donors (Lipinski definition) is 0. The van der Waals surface area contributed by atoms with Gasteiger partial charge < -0.3 is 9.90 Å². The molecule has 0 amide bonds. The molecule has 0 aromatic rings. The maximum Gasteiger partial charge on any atom is 0.0417 e. The minimum absolute atomic E-state index is 0.274. The van der Waals surface area contributed by atoms with Crippen molar-refractivity contribution >= 4 is 5.97 Å². The number of hydrogen-bond acceptors (Lipinski definition) is 2. The van der Waals surface area contributed by atoms with Gasteiger partial charge in [-0.05, 0) is 31.1 Å². The molecular weight excluding hydrogens is 152 g/mol. The highest BCUT2D eigenvalue weighted by molar-refractivity contribution is 5.64. The Balaban J connectivity index is 2.21. The summed E-state index contributed by atoms with van der Waals surface area (Å²) in [5.74, 6) is 0.371. The van der Waals surface area contributed by atoms with E-state index in [1.807, 2.05) is 0 Å². The largest absolute Gasteiger partial charge is 0.550 e. The lowest BCUT2D eigenvalue weighted by molar-refractivity contribution is -0.307. The van der Waals surface area contributed by atoms with E-state index in [4.69, 9.17) is 0 Å². The highest BCUT2D eigenvalue weighted by Gasteiger charge is 2.19. The average Bonchev–Trinajstić information content (AvgIpc) is 2.05. The van der Waals surface area contributed by atoms with Crippen molar-refractivity contribution in [2.45, 2.75) is 45.4 Å². The molecule has 1 saturated carbocycles.